The van der Waals surface area contributed by atoms with Crippen molar-refractivity contribution in [1.82, 2.24) is 0 Å². The minimum atomic E-state index is -4.54. The lowest BCUT2D eigenvalue weighted by atomic mass is 9.92. The fourth-order valence-corrected chi connectivity index (χ4v) is 3.38. The van der Waals surface area contributed by atoms with Crippen LogP contribution >= 0.6 is 0 Å². The van der Waals surface area contributed by atoms with E-state index in [4.69, 9.17) is 0 Å². The van der Waals surface area contributed by atoms with Crippen molar-refractivity contribution in [2.45, 2.75) is 11.1 Å². The van der Waals surface area contributed by atoms with Crippen LogP contribution in [0.15, 0.2) is 71.6 Å². The molecule has 0 saturated carbocycles. The van der Waals surface area contributed by atoms with Gasteiger partial charge in [0.2, 0.25) is 0 Å². The summed E-state index contributed by atoms with van der Waals surface area (Å²) in [5.41, 5.74) is 0.619. The van der Waals surface area contributed by atoms with Crippen molar-refractivity contribution in [2.24, 2.45) is 0 Å². The maximum absolute atomic E-state index is 13.6. The van der Waals surface area contributed by atoms with Gasteiger partial charge in [-0.1, -0.05) is 30.3 Å². The molecule has 27 heavy (non-hydrogen) atoms. The van der Waals surface area contributed by atoms with Crippen LogP contribution < -0.4 is 0 Å². The molecule has 0 aromatic heterocycles. The van der Waals surface area contributed by atoms with E-state index in [-0.39, 0.29) is 10.5 Å². The van der Waals surface area contributed by atoms with Gasteiger partial charge in [-0.25, -0.2) is 12.8 Å². The highest BCUT2D eigenvalue weighted by molar-refractivity contribution is 7.90. The summed E-state index contributed by atoms with van der Waals surface area (Å²) in [6.45, 7) is 0. The molecule has 0 aliphatic rings. The van der Waals surface area contributed by atoms with E-state index in [1.165, 1.54) is 48.5 Å². The van der Waals surface area contributed by atoms with Gasteiger partial charge in [0.25, 0.3) is 0 Å². The van der Waals surface area contributed by atoms with Gasteiger partial charge in [-0.15, -0.1) is 0 Å². The van der Waals surface area contributed by atoms with Crippen molar-refractivity contribution in [3.05, 3.63) is 78.1 Å². The average molecular weight is 394 g/mol. The Morgan fingerprint density at radius 1 is 0.778 bits per heavy atom. The largest absolute Gasteiger partial charge is 0.416 e. The van der Waals surface area contributed by atoms with E-state index in [0.29, 0.717) is 16.7 Å². The monoisotopic (exact) mass is 394 g/mol. The maximum Gasteiger partial charge on any atom is 0.416 e. The molecular weight excluding hydrogens is 380 g/mol. The topological polar surface area (TPSA) is 34.1 Å². The molecule has 0 bridgehead atoms. The molecule has 0 unspecified atom stereocenters. The van der Waals surface area contributed by atoms with Crippen LogP contribution in [0, 0.1) is 5.82 Å². The summed E-state index contributed by atoms with van der Waals surface area (Å²) in [7, 11) is -3.43. The summed E-state index contributed by atoms with van der Waals surface area (Å²) >= 11 is 0. The Balaban J connectivity index is 2.22. The molecule has 0 atom stereocenters. The van der Waals surface area contributed by atoms with Crippen molar-refractivity contribution in [2.75, 3.05) is 6.26 Å². The van der Waals surface area contributed by atoms with Gasteiger partial charge in [0.1, 0.15) is 5.82 Å². The Hall–Kier alpha value is -2.67. The van der Waals surface area contributed by atoms with Gasteiger partial charge in [-0.3, -0.25) is 0 Å². The van der Waals surface area contributed by atoms with E-state index >= 15 is 0 Å². The van der Waals surface area contributed by atoms with Gasteiger partial charge in [0.15, 0.2) is 9.84 Å². The summed E-state index contributed by atoms with van der Waals surface area (Å²) in [5.74, 6) is -0.509. The Labute approximate surface area is 154 Å². The first kappa shape index (κ1) is 19.1. The number of hydrogen-bond donors (Lipinski definition) is 0. The first-order valence-electron chi connectivity index (χ1n) is 7.83. The molecule has 0 saturated heterocycles. The quantitative estimate of drug-likeness (QED) is 0.544. The average Bonchev–Trinajstić information content (AvgIpc) is 2.60. The molecule has 7 heteroatoms. The third kappa shape index (κ3) is 4.19. The van der Waals surface area contributed by atoms with Crippen molar-refractivity contribution in [3.63, 3.8) is 0 Å². The van der Waals surface area contributed by atoms with Crippen LogP contribution in [0.4, 0.5) is 17.6 Å². The van der Waals surface area contributed by atoms with Crippen LogP contribution in [0.2, 0.25) is 0 Å². The molecule has 0 heterocycles. The standard InChI is InChI=1S/C20H14F4O2S/c1-27(25,26)17-8-5-13(6-9-17)19-12-15(20(22,23)24)7-10-18(19)14-3-2-4-16(21)11-14/h2-12H,1H3. The number of hydrogen-bond acceptors (Lipinski definition) is 2. The molecular formula is C20H14F4O2S. The summed E-state index contributed by atoms with van der Waals surface area (Å²) in [4.78, 5) is 0.0607. The number of sulfone groups is 1. The molecule has 0 N–H and O–H groups in total. The summed E-state index contributed by atoms with van der Waals surface area (Å²) in [5, 5.41) is 0. The van der Waals surface area contributed by atoms with E-state index < -0.39 is 27.4 Å². The van der Waals surface area contributed by atoms with Crippen LogP contribution in [0.1, 0.15) is 5.56 Å². The zero-order chi connectivity index (χ0) is 19.8. The molecule has 0 radical (unpaired) electrons. The molecule has 140 valence electrons. The first-order valence-corrected chi connectivity index (χ1v) is 9.72. The highest BCUT2D eigenvalue weighted by atomic mass is 32.2. The number of halogens is 4. The Bertz CT molecular complexity index is 1090. The Kier molecular flexibility index (Phi) is 4.82. The molecule has 3 aromatic rings. The van der Waals surface area contributed by atoms with Gasteiger partial charge in [-0.05, 0) is 58.7 Å². The normalized spacial score (nSPS) is 12.2. The highest BCUT2D eigenvalue weighted by Crippen LogP contribution is 2.38. The zero-order valence-corrected chi connectivity index (χ0v) is 14.9. The fourth-order valence-electron chi connectivity index (χ4n) is 2.75. The van der Waals surface area contributed by atoms with Crippen molar-refractivity contribution < 1.29 is 26.0 Å². The third-order valence-electron chi connectivity index (χ3n) is 4.08. The van der Waals surface area contributed by atoms with Crippen LogP contribution in [-0.4, -0.2) is 14.7 Å². The lowest BCUT2D eigenvalue weighted by Gasteiger charge is -2.15. The SMILES string of the molecule is CS(=O)(=O)c1ccc(-c2cc(C(F)(F)F)ccc2-c2cccc(F)c2)cc1. The Morgan fingerprint density at radius 3 is 2.00 bits per heavy atom. The van der Waals surface area contributed by atoms with E-state index in [2.05, 4.69) is 0 Å². The van der Waals surface area contributed by atoms with Crippen molar-refractivity contribution in [1.29, 1.82) is 0 Å². The van der Waals surface area contributed by atoms with Crippen LogP contribution in [0.25, 0.3) is 22.3 Å². The fraction of sp³-hybridized carbons (Fsp3) is 0.100. The molecule has 3 aromatic carbocycles. The first-order chi connectivity index (χ1) is 12.6. The molecule has 0 fully saturated rings. The number of rotatable bonds is 3. The second-order valence-corrected chi connectivity index (χ2v) is 8.08. The van der Waals surface area contributed by atoms with Gasteiger partial charge in [0, 0.05) is 6.26 Å². The Morgan fingerprint density at radius 2 is 1.44 bits per heavy atom. The summed E-state index contributed by atoms with van der Waals surface area (Å²) in [6.07, 6.45) is -3.49. The van der Waals surface area contributed by atoms with Gasteiger partial charge in [0.05, 0.1) is 10.5 Å². The maximum atomic E-state index is 13.6. The number of benzene rings is 3. The second-order valence-electron chi connectivity index (χ2n) is 6.07. The van der Waals surface area contributed by atoms with Gasteiger partial charge >= 0.3 is 6.18 Å². The molecule has 2 nitrogen and oxygen atoms in total. The predicted octanol–water partition coefficient (Wildman–Crippen LogP) is 5.58. The summed E-state index contributed by atoms with van der Waals surface area (Å²) in [6, 6.07) is 14.3. The van der Waals surface area contributed by atoms with E-state index in [1.54, 1.807) is 6.07 Å². The minimum Gasteiger partial charge on any atom is -0.224 e. The predicted molar refractivity (Wildman–Crippen MR) is 95.4 cm³/mol. The minimum absolute atomic E-state index is 0.0607. The molecule has 0 aliphatic heterocycles. The van der Waals surface area contributed by atoms with E-state index in [9.17, 15) is 26.0 Å². The van der Waals surface area contributed by atoms with Crippen molar-refractivity contribution >= 4 is 9.84 Å². The highest BCUT2D eigenvalue weighted by Gasteiger charge is 2.31. The smallest absolute Gasteiger partial charge is 0.224 e. The zero-order valence-electron chi connectivity index (χ0n) is 14.1. The van der Waals surface area contributed by atoms with Crippen LogP contribution in [0.5, 0.6) is 0 Å². The molecule has 3 rings (SSSR count). The van der Waals surface area contributed by atoms with Gasteiger partial charge < -0.3 is 0 Å². The molecule has 0 amide bonds. The van der Waals surface area contributed by atoms with Crippen LogP contribution in [0.3, 0.4) is 0 Å². The van der Waals surface area contributed by atoms with E-state index in [1.807, 2.05) is 0 Å². The second kappa shape index (κ2) is 6.81. The lowest BCUT2D eigenvalue weighted by molar-refractivity contribution is -0.137. The summed E-state index contributed by atoms with van der Waals surface area (Å²) < 4.78 is 76.3. The van der Waals surface area contributed by atoms with Crippen molar-refractivity contribution in [3.8, 4) is 22.3 Å². The van der Waals surface area contributed by atoms with E-state index in [0.717, 1.165) is 18.4 Å². The molecule has 0 spiro atoms. The third-order valence-corrected chi connectivity index (χ3v) is 5.20. The lowest BCUT2D eigenvalue weighted by Crippen LogP contribution is -2.05. The van der Waals surface area contributed by atoms with Crippen LogP contribution in [-0.2, 0) is 16.0 Å². The molecule has 0 aliphatic carbocycles. The van der Waals surface area contributed by atoms with Gasteiger partial charge in [-0.2, -0.15) is 13.2 Å². The number of alkyl halides is 3.